The third-order valence-electron chi connectivity index (χ3n) is 6.28. The largest absolute Gasteiger partial charge is 0.504 e. The molecule has 2 heterocycles. The number of aromatic hydroxyl groups is 2. The normalized spacial score (nSPS) is 12.1. The van der Waals surface area contributed by atoms with Gasteiger partial charge in [0, 0.05) is 28.0 Å². The summed E-state index contributed by atoms with van der Waals surface area (Å²) < 4.78 is 18.9. The number of fused-ring (bicyclic) bond motifs is 2. The molecule has 0 saturated heterocycles. The summed E-state index contributed by atoms with van der Waals surface area (Å²) in [6.07, 6.45) is 2.02. The quantitative estimate of drug-likeness (QED) is 0.212. The molecule has 5 N–H and O–H groups in total. The molecule has 9 heteroatoms. The summed E-state index contributed by atoms with van der Waals surface area (Å²) in [5.74, 6) is -1.52. The topological polar surface area (TPSA) is 128 Å². The van der Waals surface area contributed by atoms with Gasteiger partial charge in [-0.1, -0.05) is 18.2 Å². The molecular formula is C28H24FN3O5. The zero-order chi connectivity index (χ0) is 26.1. The van der Waals surface area contributed by atoms with Gasteiger partial charge in [-0.3, -0.25) is 4.79 Å². The molecule has 0 bridgehead atoms. The number of aromatic amines is 1. The maximum atomic E-state index is 13.8. The summed E-state index contributed by atoms with van der Waals surface area (Å²) in [6.45, 7) is -0.327. The first-order chi connectivity index (χ1) is 17.9. The number of benzene rings is 3. The molecule has 0 aliphatic carbocycles. The highest BCUT2D eigenvalue weighted by Gasteiger charge is 2.20. The maximum Gasteiger partial charge on any atom is 0.252 e. The predicted octanol–water partition coefficient (Wildman–Crippen LogP) is 4.28. The molecule has 0 aliphatic heterocycles. The van der Waals surface area contributed by atoms with Gasteiger partial charge in [0.05, 0.1) is 36.5 Å². The van der Waals surface area contributed by atoms with Crippen molar-refractivity contribution >= 4 is 27.7 Å². The molecule has 188 valence electrons. The van der Waals surface area contributed by atoms with Crippen molar-refractivity contribution in [1.29, 1.82) is 0 Å². The number of aliphatic hydroxyl groups excluding tert-OH is 1. The van der Waals surface area contributed by atoms with E-state index in [-0.39, 0.29) is 30.3 Å². The number of para-hydroxylation sites is 1. The van der Waals surface area contributed by atoms with Crippen molar-refractivity contribution in [3.8, 4) is 28.5 Å². The number of carbonyl (C=O) groups is 1. The standard InChI is InChI=1S/C28H24FN3O5/c1-37-26-10-15(9-25(34)27(26)35)24-12-21(19-4-2-3-5-23(19)32-24)28(36)31-18(14-33)8-16-13-30-22-7-6-17(29)11-20(16)22/h2-7,9-13,18,30,33-35H,8,14H2,1H3,(H,31,36)/t18-/m1/s1. The number of nitrogens with one attached hydrogen (secondary N) is 2. The zero-order valence-electron chi connectivity index (χ0n) is 19.8. The zero-order valence-corrected chi connectivity index (χ0v) is 19.8. The SMILES string of the molecule is COc1cc(-c2cc(C(=O)N[C@@H](CO)Cc3c[nH]c4ccc(F)cc34)c3ccccc3n2)cc(O)c1O. The average molecular weight is 502 g/mol. The minimum atomic E-state index is -0.636. The van der Waals surface area contributed by atoms with E-state index in [2.05, 4.69) is 15.3 Å². The molecule has 1 amide bonds. The summed E-state index contributed by atoms with van der Waals surface area (Å²) in [7, 11) is 1.36. The van der Waals surface area contributed by atoms with Crippen LogP contribution in [0.15, 0.2) is 66.9 Å². The number of aromatic nitrogens is 2. The summed E-state index contributed by atoms with van der Waals surface area (Å²) in [5, 5.41) is 34.3. The third-order valence-corrected chi connectivity index (χ3v) is 6.28. The van der Waals surface area contributed by atoms with Gasteiger partial charge in [0.1, 0.15) is 5.82 Å². The van der Waals surface area contributed by atoms with Crippen LogP contribution in [0.4, 0.5) is 4.39 Å². The van der Waals surface area contributed by atoms with Gasteiger partial charge in [0.15, 0.2) is 11.5 Å². The average Bonchev–Trinajstić information content (AvgIpc) is 3.30. The molecule has 0 spiro atoms. The lowest BCUT2D eigenvalue weighted by Crippen LogP contribution is -2.39. The van der Waals surface area contributed by atoms with Crippen molar-refractivity contribution in [3.63, 3.8) is 0 Å². The van der Waals surface area contributed by atoms with Gasteiger partial charge in [-0.25, -0.2) is 9.37 Å². The number of amides is 1. The number of carbonyl (C=O) groups excluding carboxylic acids is 1. The van der Waals surface area contributed by atoms with E-state index in [4.69, 9.17) is 4.74 Å². The number of phenolic OH excluding ortho intramolecular Hbond substituents is 2. The second-order valence-corrected chi connectivity index (χ2v) is 8.68. The van der Waals surface area contributed by atoms with Crippen LogP contribution in [0, 0.1) is 5.82 Å². The Kier molecular flexibility index (Phi) is 6.37. The van der Waals surface area contributed by atoms with Gasteiger partial charge < -0.3 is 30.4 Å². The summed E-state index contributed by atoms with van der Waals surface area (Å²) >= 11 is 0. The number of H-pyrrole nitrogens is 1. The molecule has 37 heavy (non-hydrogen) atoms. The van der Waals surface area contributed by atoms with Gasteiger partial charge in [0.25, 0.3) is 5.91 Å². The lowest BCUT2D eigenvalue weighted by atomic mass is 10.0. The van der Waals surface area contributed by atoms with E-state index in [1.54, 1.807) is 42.6 Å². The number of hydrogen-bond donors (Lipinski definition) is 5. The molecule has 5 rings (SSSR count). The fraction of sp³-hybridized carbons (Fsp3) is 0.143. The molecule has 1 atom stereocenters. The van der Waals surface area contributed by atoms with Crippen LogP contribution in [0.2, 0.25) is 0 Å². The number of rotatable bonds is 7. The third kappa shape index (κ3) is 4.64. The highest BCUT2D eigenvalue weighted by atomic mass is 19.1. The predicted molar refractivity (Wildman–Crippen MR) is 137 cm³/mol. The number of hydrogen-bond acceptors (Lipinski definition) is 6. The number of nitrogens with zero attached hydrogens (tertiary/aromatic N) is 1. The van der Waals surface area contributed by atoms with Crippen molar-refractivity contribution in [2.75, 3.05) is 13.7 Å². The van der Waals surface area contributed by atoms with Crippen LogP contribution in [0.1, 0.15) is 15.9 Å². The summed E-state index contributed by atoms with van der Waals surface area (Å²) in [6, 6.07) is 15.3. The van der Waals surface area contributed by atoms with Crippen molar-refractivity contribution in [2.24, 2.45) is 0 Å². The lowest BCUT2D eigenvalue weighted by Gasteiger charge is -2.18. The monoisotopic (exact) mass is 501 g/mol. The van der Waals surface area contributed by atoms with Crippen LogP contribution in [-0.4, -0.2) is 51.0 Å². The Morgan fingerprint density at radius 3 is 2.70 bits per heavy atom. The van der Waals surface area contributed by atoms with Crippen molar-refractivity contribution in [1.82, 2.24) is 15.3 Å². The van der Waals surface area contributed by atoms with Crippen LogP contribution < -0.4 is 10.1 Å². The van der Waals surface area contributed by atoms with Gasteiger partial charge in [0.2, 0.25) is 5.75 Å². The van der Waals surface area contributed by atoms with E-state index in [1.165, 1.54) is 31.4 Å². The highest BCUT2D eigenvalue weighted by Crippen LogP contribution is 2.39. The van der Waals surface area contributed by atoms with Gasteiger partial charge in [-0.15, -0.1) is 0 Å². The Balaban J connectivity index is 1.50. The lowest BCUT2D eigenvalue weighted by molar-refractivity contribution is 0.0918. The van der Waals surface area contributed by atoms with Crippen LogP contribution in [0.25, 0.3) is 33.1 Å². The van der Waals surface area contributed by atoms with Crippen LogP contribution >= 0.6 is 0 Å². The first-order valence-electron chi connectivity index (χ1n) is 11.5. The Labute approximate surface area is 211 Å². The first kappa shape index (κ1) is 24.1. The highest BCUT2D eigenvalue weighted by molar-refractivity contribution is 6.07. The van der Waals surface area contributed by atoms with E-state index < -0.39 is 17.7 Å². The molecule has 0 unspecified atom stereocenters. The molecule has 0 radical (unpaired) electrons. The van der Waals surface area contributed by atoms with Gasteiger partial charge >= 0.3 is 0 Å². The van der Waals surface area contributed by atoms with E-state index in [1.807, 2.05) is 0 Å². The number of aliphatic hydroxyl groups is 1. The van der Waals surface area contributed by atoms with Crippen LogP contribution in [-0.2, 0) is 6.42 Å². The van der Waals surface area contributed by atoms with E-state index in [9.17, 15) is 24.5 Å². The van der Waals surface area contributed by atoms with E-state index in [0.717, 1.165) is 11.1 Å². The molecule has 2 aromatic heterocycles. The molecule has 0 aliphatic rings. The summed E-state index contributed by atoms with van der Waals surface area (Å²) in [4.78, 5) is 21.2. The van der Waals surface area contributed by atoms with Crippen molar-refractivity contribution < 1.29 is 29.2 Å². The fourth-order valence-electron chi connectivity index (χ4n) is 4.42. The maximum absolute atomic E-state index is 13.8. The Hall–Kier alpha value is -4.63. The van der Waals surface area contributed by atoms with Gasteiger partial charge in [-0.2, -0.15) is 0 Å². The number of pyridine rings is 1. The second kappa shape index (κ2) is 9.79. The molecule has 0 fully saturated rings. The van der Waals surface area contributed by atoms with Gasteiger partial charge in [-0.05, 0) is 54.4 Å². The van der Waals surface area contributed by atoms with Crippen molar-refractivity contribution in [3.05, 3.63) is 83.8 Å². The number of phenols is 2. The molecular weight excluding hydrogens is 477 g/mol. The van der Waals surface area contributed by atoms with Crippen LogP contribution in [0.3, 0.4) is 0 Å². The van der Waals surface area contributed by atoms with E-state index in [0.29, 0.717) is 33.1 Å². The van der Waals surface area contributed by atoms with Crippen molar-refractivity contribution in [2.45, 2.75) is 12.5 Å². The Morgan fingerprint density at radius 1 is 1.11 bits per heavy atom. The Bertz CT molecular complexity index is 1630. The molecule has 8 nitrogen and oxygen atoms in total. The fourth-order valence-corrected chi connectivity index (χ4v) is 4.42. The van der Waals surface area contributed by atoms with E-state index >= 15 is 0 Å². The van der Waals surface area contributed by atoms with Crippen LogP contribution in [0.5, 0.6) is 17.2 Å². The number of methoxy groups -OCH3 is 1. The molecule has 5 aromatic rings. The Morgan fingerprint density at radius 2 is 1.92 bits per heavy atom. The second-order valence-electron chi connectivity index (χ2n) is 8.68. The minimum absolute atomic E-state index is 0.0615. The molecule has 0 saturated carbocycles. The first-order valence-corrected chi connectivity index (χ1v) is 11.5. The minimum Gasteiger partial charge on any atom is -0.504 e. The summed E-state index contributed by atoms with van der Waals surface area (Å²) in [5.41, 5.74) is 3.20. The smallest absolute Gasteiger partial charge is 0.252 e. The molecule has 3 aromatic carbocycles. The number of halogens is 1. The number of ether oxygens (including phenoxy) is 1.